The van der Waals surface area contributed by atoms with Crippen molar-refractivity contribution in [1.82, 2.24) is 10.6 Å². The molecular formula is C19H24N2O3. The average molecular weight is 328 g/mol. The maximum Gasteiger partial charge on any atom is 0.407 e. The van der Waals surface area contributed by atoms with E-state index < -0.39 is 11.7 Å². The zero-order valence-electron chi connectivity index (χ0n) is 14.4. The molecule has 0 aliphatic rings. The summed E-state index contributed by atoms with van der Waals surface area (Å²) >= 11 is 0. The zero-order chi connectivity index (χ0) is 17.6. The van der Waals surface area contributed by atoms with Crippen molar-refractivity contribution in [2.24, 2.45) is 0 Å². The number of nitrogens with one attached hydrogen (secondary N) is 2. The molecule has 2 aromatic rings. The maximum atomic E-state index is 11.9. The Morgan fingerprint density at radius 2 is 1.71 bits per heavy atom. The van der Waals surface area contributed by atoms with E-state index in [2.05, 4.69) is 10.6 Å². The molecular weight excluding hydrogens is 304 g/mol. The van der Waals surface area contributed by atoms with Crippen LogP contribution in [0.2, 0.25) is 0 Å². The summed E-state index contributed by atoms with van der Waals surface area (Å²) in [6.07, 6.45) is -0.298. The van der Waals surface area contributed by atoms with Crippen molar-refractivity contribution in [3.05, 3.63) is 48.0 Å². The van der Waals surface area contributed by atoms with Crippen molar-refractivity contribution in [1.29, 1.82) is 0 Å². The molecule has 2 aromatic carbocycles. The highest BCUT2D eigenvalue weighted by molar-refractivity contribution is 5.86. The Labute approximate surface area is 142 Å². The molecule has 24 heavy (non-hydrogen) atoms. The third-order valence-electron chi connectivity index (χ3n) is 3.38. The predicted octanol–water partition coefficient (Wildman–Crippen LogP) is 3.37. The first kappa shape index (κ1) is 17.8. The van der Waals surface area contributed by atoms with Crippen LogP contribution in [0.5, 0.6) is 0 Å². The smallest absolute Gasteiger partial charge is 0.407 e. The molecule has 0 atom stereocenters. The first-order valence-corrected chi connectivity index (χ1v) is 8.05. The molecule has 0 aliphatic carbocycles. The molecule has 5 heteroatoms. The van der Waals surface area contributed by atoms with Crippen LogP contribution < -0.4 is 10.6 Å². The molecule has 2 N–H and O–H groups in total. The molecule has 0 saturated heterocycles. The summed E-state index contributed by atoms with van der Waals surface area (Å²) in [7, 11) is 0. The Morgan fingerprint density at radius 3 is 2.46 bits per heavy atom. The number of amides is 2. The van der Waals surface area contributed by atoms with E-state index in [0.717, 1.165) is 16.3 Å². The van der Waals surface area contributed by atoms with Crippen LogP contribution in [0, 0.1) is 0 Å². The third-order valence-corrected chi connectivity index (χ3v) is 3.38. The van der Waals surface area contributed by atoms with E-state index in [9.17, 15) is 9.59 Å². The maximum absolute atomic E-state index is 11.9. The first-order chi connectivity index (χ1) is 11.3. The highest BCUT2D eigenvalue weighted by Gasteiger charge is 2.15. The van der Waals surface area contributed by atoms with Gasteiger partial charge in [-0.25, -0.2) is 4.79 Å². The number of hydrogen-bond acceptors (Lipinski definition) is 3. The molecule has 0 aliphatic heterocycles. The van der Waals surface area contributed by atoms with Gasteiger partial charge < -0.3 is 15.4 Å². The summed E-state index contributed by atoms with van der Waals surface area (Å²) in [5, 5.41) is 7.74. The van der Waals surface area contributed by atoms with Crippen LogP contribution in [-0.4, -0.2) is 24.1 Å². The average Bonchev–Trinajstić information content (AvgIpc) is 2.51. The number of carbonyl (C=O) groups excluding carboxylic acids is 2. The Morgan fingerprint density at radius 1 is 1.00 bits per heavy atom. The number of rotatable bonds is 5. The highest BCUT2D eigenvalue weighted by atomic mass is 16.6. The van der Waals surface area contributed by atoms with Crippen LogP contribution in [0.25, 0.3) is 10.8 Å². The van der Waals surface area contributed by atoms with E-state index >= 15 is 0 Å². The molecule has 0 heterocycles. The van der Waals surface area contributed by atoms with Crippen LogP contribution in [-0.2, 0) is 16.1 Å². The molecule has 0 aromatic heterocycles. The van der Waals surface area contributed by atoms with Gasteiger partial charge in [0.15, 0.2) is 0 Å². The summed E-state index contributed by atoms with van der Waals surface area (Å²) in [5.74, 6) is -0.112. The van der Waals surface area contributed by atoms with Gasteiger partial charge in [0.25, 0.3) is 0 Å². The minimum absolute atomic E-state index is 0.112. The van der Waals surface area contributed by atoms with Gasteiger partial charge >= 0.3 is 6.09 Å². The fraction of sp³-hybridized carbons (Fsp3) is 0.368. The normalized spacial score (nSPS) is 11.1. The Balaban J connectivity index is 1.78. The number of carbonyl (C=O) groups is 2. The SMILES string of the molecule is CC(C)(C)OC(=O)NCCC(=O)NCc1cccc2ccccc12. The lowest BCUT2D eigenvalue weighted by Gasteiger charge is -2.19. The second-order valence-electron chi connectivity index (χ2n) is 6.59. The Hall–Kier alpha value is -2.56. The highest BCUT2D eigenvalue weighted by Crippen LogP contribution is 2.18. The number of fused-ring (bicyclic) bond motifs is 1. The van der Waals surface area contributed by atoms with E-state index in [0.29, 0.717) is 6.54 Å². The Kier molecular flexibility index (Phi) is 5.79. The standard InChI is InChI=1S/C19H24N2O3/c1-19(2,3)24-18(23)20-12-11-17(22)21-13-15-9-6-8-14-7-4-5-10-16(14)15/h4-10H,11-13H2,1-3H3,(H,20,23)(H,21,22). The quantitative estimate of drug-likeness (QED) is 0.884. The van der Waals surface area contributed by atoms with Gasteiger partial charge in [0.1, 0.15) is 5.60 Å². The van der Waals surface area contributed by atoms with Crippen molar-refractivity contribution >= 4 is 22.8 Å². The van der Waals surface area contributed by atoms with Gasteiger partial charge in [-0.15, -0.1) is 0 Å². The molecule has 0 spiro atoms. The van der Waals surface area contributed by atoms with E-state index in [4.69, 9.17) is 4.74 Å². The largest absolute Gasteiger partial charge is 0.444 e. The molecule has 0 fully saturated rings. The van der Waals surface area contributed by atoms with Crippen molar-refractivity contribution < 1.29 is 14.3 Å². The number of hydrogen-bond donors (Lipinski definition) is 2. The second-order valence-corrected chi connectivity index (χ2v) is 6.59. The van der Waals surface area contributed by atoms with E-state index in [1.165, 1.54) is 0 Å². The van der Waals surface area contributed by atoms with Crippen LogP contribution in [0.3, 0.4) is 0 Å². The fourth-order valence-electron chi connectivity index (χ4n) is 2.32. The third kappa shape index (κ3) is 5.57. The molecule has 2 amide bonds. The topological polar surface area (TPSA) is 67.4 Å². The van der Waals surface area contributed by atoms with E-state index in [-0.39, 0.29) is 18.9 Å². The van der Waals surface area contributed by atoms with Crippen LogP contribution in [0.4, 0.5) is 4.79 Å². The minimum atomic E-state index is -0.541. The van der Waals surface area contributed by atoms with Crippen LogP contribution >= 0.6 is 0 Å². The lowest BCUT2D eigenvalue weighted by Crippen LogP contribution is -2.35. The number of ether oxygens (including phenoxy) is 1. The predicted molar refractivity (Wildman–Crippen MR) is 94.6 cm³/mol. The number of alkyl carbamates (subject to hydrolysis) is 1. The summed E-state index contributed by atoms with van der Waals surface area (Å²) in [6, 6.07) is 14.1. The lowest BCUT2D eigenvalue weighted by atomic mass is 10.0. The zero-order valence-corrected chi connectivity index (χ0v) is 14.4. The van der Waals surface area contributed by atoms with Crippen molar-refractivity contribution in [2.75, 3.05) is 6.54 Å². The Bertz CT molecular complexity index is 715. The molecule has 2 rings (SSSR count). The van der Waals surface area contributed by atoms with E-state index in [1.807, 2.05) is 42.5 Å². The van der Waals surface area contributed by atoms with Crippen molar-refractivity contribution in [3.63, 3.8) is 0 Å². The molecule has 128 valence electrons. The number of benzene rings is 2. The molecule has 0 unspecified atom stereocenters. The summed E-state index contributed by atoms with van der Waals surface area (Å²) < 4.78 is 5.12. The van der Waals surface area contributed by atoms with Crippen molar-refractivity contribution in [3.8, 4) is 0 Å². The van der Waals surface area contributed by atoms with Gasteiger partial charge in [-0.3, -0.25) is 4.79 Å². The molecule has 0 radical (unpaired) electrons. The second kappa shape index (κ2) is 7.81. The van der Waals surface area contributed by atoms with Crippen LogP contribution in [0.1, 0.15) is 32.8 Å². The minimum Gasteiger partial charge on any atom is -0.444 e. The fourth-order valence-corrected chi connectivity index (χ4v) is 2.32. The summed E-state index contributed by atoms with van der Waals surface area (Å²) in [6.45, 7) is 6.10. The lowest BCUT2D eigenvalue weighted by molar-refractivity contribution is -0.121. The van der Waals surface area contributed by atoms with Gasteiger partial charge in [-0.1, -0.05) is 42.5 Å². The molecule has 5 nitrogen and oxygen atoms in total. The van der Waals surface area contributed by atoms with Gasteiger partial charge in [0.05, 0.1) is 0 Å². The summed E-state index contributed by atoms with van der Waals surface area (Å²) in [4.78, 5) is 23.4. The van der Waals surface area contributed by atoms with Gasteiger partial charge in [0, 0.05) is 19.5 Å². The molecule has 0 bridgehead atoms. The van der Waals surface area contributed by atoms with Gasteiger partial charge in [-0.2, -0.15) is 0 Å². The van der Waals surface area contributed by atoms with Gasteiger partial charge in [-0.05, 0) is 37.1 Å². The first-order valence-electron chi connectivity index (χ1n) is 8.05. The van der Waals surface area contributed by atoms with Crippen LogP contribution in [0.15, 0.2) is 42.5 Å². The van der Waals surface area contributed by atoms with Gasteiger partial charge in [0.2, 0.25) is 5.91 Å². The summed E-state index contributed by atoms with van der Waals surface area (Å²) in [5.41, 5.74) is 0.530. The van der Waals surface area contributed by atoms with E-state index in [1.54, 1.807) is 20.8 Å². The van der Waals surface area contributed by atoms with Crippen molar-refractivity contribution in [2.45, 2.75) is 39.3 Å². The monoisotopic (exact) mass is 328 g/mol. The molecule has 0 saturated carbocycles.